The summed E-state index contributed by atoms with van der Waals surface area (Å²) in [5, 5.41) is 6.89. The van der Waals surface area contributed by atoms with Gasteiger partial charge in [-0.15, -0.1) is 24.0 Å². The summed E-state index contributed by atoms with van der Waals surface area (Å²) >= 11 is 0. The van der Waals surface area contributed by atoms with Crippen LogP contribution in [0.5, 0.6) is 0 Å². The van der Waals surface area contributed by atoms with Crippen LogP contribution in [0.15, 0.2) is 53.5 Å². The minimum atomic E-state index is 0. The third-order valence-electron chi connectivity index (χ3n) is 6.39. The fraction of sp³-hybridized carbons (Fsp3) is 0.462. The van der Waals surface area contributed by atoms with Crippen LogP contribution in [0.4, 0.5) is 5.69 Å². The van der Waals surface area contributed by atoms with Gasteiger partial charge < -0.3 is 20.3 Å². The summed E-state index contributed by atoms with van der Waals surface area (Å²) in [6.45, 7) is 5.24. The van der Waals surface area contributed by atoms with Gasteiger partial charge in [-0.05, 0) is 49.4 Å². The first kappa shape index (κ1) is 25.5. The number of anilines is 1. The Hall–Kier alpha value is -2.13. The summed E-state index contributed by atoms with van der Waals surface area (Å²) < 4.78 is 6.14. The summed E-state index contributed by atoms with van der Waals surface area (Å²) in [4.78, 5) is 18.2. The number of aliphatic imine (C=N–C) groups is 1. The predicted molar refractivity (Wildman–Crippen MR) is 144 cm³/mol. The molecule has 2 atom stereocenters. The highest BCUT2D eigenvalue weighted by Gasteiger charge is 2.27. The van der Waals surface area contributed by atoms with Crippen molar-refractivity contribution in [2.75, 3.05) is 31.6 Å². The number of amides is 1. The molecule has 0 saturated carbocycles. The van der Waals surface area contributed by atoms with Gasteiger partial charge in [-0.2, -0.15) is 0 Å². The molecule has 2 aliphatic rings. The quantitative estimate of drug-likeness (QED) is 0.308. The Morgan fingerprint density at radius 3 is 2.52 bits per heavy atom. The normalized spacial score (nSPS) is 21.0. The molecule has 0 spiro atoms. The van der Waals surface area contributed by atoms with E-state index in [1.54, 1.807) is 7.05 Å². The summed E-state index contributed by atoms with van der Waals surface area (Å²) in [6, 6.07) is 16.9. The summed E-state index contributed by atoms with van der Waals surface area (Å²) in [5.41, 5.74) is 4.66. The predicted octanol–water partition coefficient (Wildman–Crippen LogP) is 4.57. The van der Waals surface area contributed by atoms with Crippen molar-refractivity contribution in [3.05, 3.63) is 65.2 Å². The molecule has 2 saturated heterocycles. The average molecular weight is 562 g/mol. The van der Waals surface area contributed by atoms with Crippen LogP contribution in [-0.2, 0) is 16.1 Å². The monoisotopic (exact) mass is 562 g/mol. The van der Waals surface area contributed by atoms with E-state index in [0.29, 0.717) is 18.9 Å². The van der Waals surface area contributed by atoms with Crippen molar-refractivity contribution in [3.8, 4) is 0 Å². The lowest BCUT2D eigenvalue weighted by Gasteiger charge is -2.32. The van der Waals surface area contributed by atoms with Crippen molar-refractivity contribution < 1.29 is 9.53 Å². The summed E-state index contributed by atoms with van der Waals surface area (Å²) in [5.74, 6) is 1.41. The standard InChI is InChI=1S/C26H34N4O2.HI/c1-19-7-11-21(12-8-19)25-22(5-4-16-32-25)18-29-26(27-2)28-17-20-9-13-23(14-10-20)30-15-3-6-24(30)31;/h7-14,22,25H,3-6,15-18H2,1-2H3,(H2,27,28,29);1H. The number of carbonyl (C=O) groups excluding carboxylic acids is 1. The second-order valence-corrected chi connectivity index (χ2v) is 8.73. The maximum Gasteiger partial charge on any atom is 0.227 e. The Labute approximate surface area is 214 Å². The summed E-state index contributed by atoms with van der Waals surface area (Å²) in [6.07, 6.45) is 3.95. The Balaban J connectivity index is 0.00000306. The van der Waals surface area contributed by atoms with Gasteiger partial charge in [0.2, 0.25) is 5.91 Å². The molecule has 0 bridgehead atoms. The number of ether oxygens (including phenoxy) is 1. The number of carbonyl (C=O) groups is 1. The molecule has 178 valence electrons. The van der Waals surface area contributed by atoms with Crippen LogP contribution < -0.4 is 15.5 Å². The van der Waals surface area contributed by atoms with Gasteiger partial charge in [0.1, 0.15) is 0 Å². The third-order valence-corrected chi connectivity index (χ3v) is 6.39. The Bertz CT molecular complexity index is 930. The molecule has 1 amide bonds. The van der Waals surface area contributed by atoms with Crippen LogP contribution in [0, 0.1) is 12.8 Å². The largest absolute Gasteiger partial charge is 0.373 e. The van der Waals surface area contributed by atoms with Crippen molar-refractivity contribution in [3.63, 3.8) is 0 Å². The SMILES string of the molecule is CN=C(NCc1ccc(N2CCCC2=O)cc1)NCC1CCCOC1c1ccc(C)cc1.I. The highest BCUT2D eigenvalue weighted by Crippen LogP contribution is 2.33. The molecule has 6 nitrogen and oxygen atoms in total. The third kappa shape index (κ3) is 6.69. The lowest BCUT2D eigenvalue weighted by molar-refractivity contribution is -0.117. The number of aryl methyl sites for hydroxylation is 1. The topological polar surface area (TPSA) is 66.0 Å². The fourth-order valence-corrected chi connectivity index (χ4v) is 4.53. The highest BCUT2D eigenvalue weighted by molar-refractivity contribution is 14.0. The molecule has 4 rings (SSSR count). The average Bonchev–Trinajstić information content (AvgIpc) is 3.26. The highest BCUT2D eigenvalue weighted by atomic mass is 127. The van der Waals surface area contributed by atoms with Gasteiger partial charge in [-0.1, -0.05) is 42.0 Å². The minimum Gasteiger partial charge on any atom is -0.373 e. The van der Waals surface area contributed by atoms with Crippen molar-refractivity contribution in [2.24, 2.45) is 10.9 Å². The lowest BCUT2D eigenvalue weighted by atomic mass is 9.89. The van der Waals surface area contributed by atoms with E-state index in [0.717, 1.165) is 56.2 Å². The Morgan fingerprint density at radius 2 is 1.85 bits per heavy atom. The zero-order valence-corrected chi connectivity index (χ0v) is 21.9. The molecule has 2 fully saturated rings. The van der Waals surface area contributed by atoms with E-state index in [1.165, 1.54) is 11.1 Å². The van der Waals surface area contributed by atoms with Crippen molar-refractivity contribution in [1.29, 1.82) is 0 Å². The van der Waals surface area contributed by atoms with Crippen LogP contribution in [0.3, 0.4) is 0 Å². The number of guanidine groups is 1. The van der Waals surface area contributed by atoms with E-state index in [1.807, 2.05) is 17.0 Å². The van der Waals surface area contributed by atoms with E-state index in [2.05, 4.69) is 58.9 Å². The zero-order chi connectivity index (χ0) is 22.3. The smallest absolute Gasteiger partial charge is 0.227 e. The molecule has 2 N–H and O–H groups in total. The molecule has 2 aliphatic heterocycles. The lowest BCUT2D eigenvalue weighted by Crippen LogP contribution is -2.41. The molecule has 33 heavy (non-hydrogen) atoms. The van der Waals surface area contributed by atoms with Crippen molar-refractivity contribution in [2.45, 2.75) is 45.3 Å². The van der Waals surface area contributed by atoms with Gasteiger partial charge in [0, 0.05) is 51.3 Å². The van der Waals surface area contributed by atoms with Gasteiger partial charge in [0.25, 0.3) is 0 Å². The first-order chi connectivity index (χ1) is 15.6. The molecule has 2 aromatic rings. The fourth-order valence-electron chi connectivity index (χ4n) is 4.53. The van der Waals surface area contributed by atoms with Gasteiger partial charge in [0.05, 0.1) is 6.10 Å². The van der Waals surface area contributed by atoms with Crippen molar-refractivity contribution in [1.82, 2.24) is 10.6 Å². The van der Waals surface area contributed by atoms with E-state index in [-0.39, 0.29) is 36.0 Å². The molecule has 0 aromatic heterocycles. The molecule has 7 heteroatoms. The number of hydrogen-bond acceptors (Lipinski definition) is 3. The van der Waals surface area contributed by atoms with Gasteiger partial charge in [0.15, 0.2) is 5.96 Å². The van der Waals surface area contributed by atoms with E-state index in [4.69, 9.17) is 4.74 Å². The number of nitrogens with zero attached hydrogens (tertiary/aromatic N) is 2. The molecule has 0 radical (unpaired) electrons. The maximum atomic E-state index is 11.9. The van der Waals surface area contributed by atoms with E-state index < -0.39 is 0 Å². The zero-order valence-electron chi connectivity index (χ0n) is 19.5. The van der Waals surface area contributed by atoms with Crippen LogP contribution in [0.1, 0.15) is 48.5 Å². The first-order valence-corrected chi connectivity index (χ1v) is 11.7. The van der Waals surface area contributed by atoms with Crippen LogP contribution in [0.2, 0.25) is 0 Å². The van der Waals surface area contributed by atoms with E-state index >= 15 is 0 Å². The van der Waals surface area contributed by atoms with Gasteiger partial charge in [-0.3, -0.25) is 9.79 Å². The Kier molecular flexibility index (Phi) is 9.55. The number of halogens is 1. The van der Waals surface area contributed by atoms with Gasteiger partial charge >= 0.3 is 0 Å². The maximum absolute atomic E-state index is 11.9. The molecular formula is C26H35IN4O2. The van der Waals surface area contributed by atoms with E-state index in [9.17, 15) is 4.79 Å². The molecule has 2 heterocycles. The van der Waals surface area contributed by atoms with Crippen molar-refractivity contribution >= 4 is 41.5 Å². The molecule has 0 aliphatic carbocycles. The second-order valence-electron chi connectivity index (χ2n) is 8.73. The summed E-state index contributed by atoms with van der Waals surface area (Å²) in [7, 11) is 1.80. The number of benzene rings is 2. The number of hydrogen-bond donors (Lipinski definition) is 2. The van der Waals surface area contributed by atoms with Crippen LogP contribution in [0.25, 0.3) is 0 Å². The Morgan fingerprint density at radius 1 is 1.09 bits per heavy atom. The molecular weight excluding hydrogens is 527 g/mol. The number of rotatable bonds is 6. The molecule has 2 unspecified atom stereocenters. The molecule has 2 aromatic carbocycles. The minimum absolute atomic E-state index is 0. The second kappa shape index (κ2) is 12.4. The van der Waals surface area contributed by atoms with Crippen LogP contribution in [-0.4, -0.2) is 38.6 Å². The van der Waals surface area contributed by atoms with Gasteiger partial charge in [-0.25, -0.2) is 0 Å². The van der Waals surface area contributed by atoms with Crippen LogP contribution >= 0.6 is 24.0 Å². The first-order valence-electron chi connectivity index (χ1n) is 11.7. The number of nitrogens with one attached hydrogen (secondary N) is 2.